The van der Waals surface area contributed by atoms with Crippen LogP contribution in [-0.4, -0.2) is 28.1 Å². The van der Waals surface area contributed by atoms with Gasteiger partial charge in [0.1, 0.15) is 11.6 Å². The highest BCUT2D eigenvalue weighted by atomic mass is 35.5. The van der Waals surface area contributed by atoms with Crippen LogP contribution in [0.4, 0.5) is 5.69 Å². The first kappa shape index (κ1) is 17.2. The number of halogens is 1. The summed E-state index contributed by atoms with van der Waals surface area (Å²) in [6.45, 7) is 1.89. The van der Waals surface area contributed by atoms with Gasteiger partial charge in [-0.1, -0.05) is 11.6 Å². The molecule has 0 saturated heterocycles. The van der Waals surface area contributed by atoms with Gasteiger partial charge in [-0.3, -0.25) is 10.1 Å². The predicted molar refractivity (Wildman–Crippen MR) is 103 cm³/mol. The maximum absolute atomic E-state index is 12.3. The van der Waals surface area contributed by atoms with Crippen LogP contribution in [0.2, 0.25) is 5.02 Å². The van der Waals surface area contributed by atoms with E-state index in [0.29, 0.717) is 16.3 Å². The minimum absolute atomic E-state index is 0.188. The number of aromatic nitrogens is 2. The summed E-state index contributed by atoms with van der Waals surface area (Å²) >= 11 is 11.2. The number of nitrogens with zero attached hydrogens (tertiary/aromatic N) is 1. The highest BCUT2D eigenvalue weighted by Gasteiger charge is 2.11. The van der Waals surface area contributed by atoms with Crippen LogP contribution in [0.5, 0.6) is 5.75 Å². The van der Waals surface area contributed by atoms with Crippen molar-refractivity contribution in [2.45, 2.75) is 6.92 Å². The average molecular weight is 375 g/mol. The molecule has 0 fully saturated rings. The van der Waals surface area contributed by atoms with E-state index in [0.717, 1.165) is 22.5 Å². The summed E-state index contributed by atoms with van der Waals surface area (Å²) in [6, 6.07) is 10.3. The van der Waals surface area contributed by atoms with Crippen LogP contribution in [0.25, 0.3) is 11.0 Å². The number of H-pyrrole nitrogens is 1. The molecule has 1 heterocycles. The van der Waals surface area contributed by atoms with Crippen molar-refractivity contribution in [2.75, 3.05) is 12.4 Å². The smallest absolute Gasteiger partial charge is 0.257 e. The number of hydrogen-bond acceptors (Lipinski definition) is 4. The molecule has 3 rings (SSSR count). The Kier molecular flexibility index (Phi) is 4.87. The summed E-state index contributed by atoms with van der Waals surface area (Å²) in [5, 5.41) is 6.14. The van der Waals surface area contributed by atoms with Gasteiger partial charge in [0.15, 0.2) is 5.11 Å². The van der Waals surface area contributed by atoms with Gasteiger partial charge >= 0.3 is 0 Å². The molecule has 0 atom stereocenters. The number of fused-ring (bicyclic) bond motifs is 1. The molecular formula is C17H15ClN4O2S. The highest BCUT2D eigenvalue weighted by molar-refractivity contribution is 7.80. The number of aryl methyl sites for hydroxylation is 1. The summed E-state index contributed by atoms with van der Waals surface area (Å²) < 4.78 is 5.07. The lowest BCUT2D eigenvalue weighted by Crippen LogP contribution is -2.34. The van der Waals surface area contributed by atoms with Crippen molar-refractivity contribution in [1.82, 2.24) is 15.3 Å². The number of rotatable bonds is 3. The van der Waals surface area contributed by atoms with E-state index in [1.807, 2.05) is 25.1 Å². The molecule has 1 aromatic heterocycles. The molecule has 0 saturated carbocycles. The van der Waals surface area contributed by atoms with Crippen LogP contribution in [0.15, 0.2) is 36.4 Å². The maximum atomic E-state index is 12.3. The van der Waals surface area contributed by atoms with Crippen molar-refractivity contribution in [1.29, 1.82) is 0 Å². The van der Waals surface area contributed by atoms with Gasteiger partial charge in [0.2, 0.25) is 0 Å². The summed E-state index contributed by atoms with van der Waals surface area (Å²) in [6.07, 6.45) is 0. The number of carbonyl (C=O) groups is 1. The van der Waals surface area contributed by atoms with Crippen molar-refractivity contribution in [3.05, 3.63) is 52.8 Å². The normalized spacial score (nSPS) is 10.5. The number of nitrogens with one attached hydrogen (secondary N) is 3. The van der Waals surface area contributed by atoms with Crippen LogP contribution in [0.3, 0.4) is 0 Å². The van der Waals surface area contributed by atoms with Gasteiger partial charge in [-0.05, 0) is 55.5 Å². The van der Waals surface area contributed by atoms with E-state index in [1.165, 1.54) is 13.2 Å². The first-order chi connectivity index (χ1) is 12.0. The lowest BCUT2D eigenvalue weighted by molar-refractivity contribution is 0.0977. The lowest BCUT2D eigenvalue weighted by atomic mass is 10.2. The number of methoxy groups -OCH3 is 1. The highest BCUT2D eigenvalue weighted by Crippen LogP contribution is 2.24. The Balaban J connectivity index is 1.68. The molecule has 0 aliphatic carbocycles. The Hall–Kier alpha value is -2.64. The van der Waals surface area contributed by atoms with E-state index in [9.17, 15) is 4.79 Å². The van der Waals surface area contributed by atoms with Gasteiger partial charge in [-0.2, -0.15) is 0 Å². The number of ether oxygens (including phenoxy) is 1. The molecule has 25 heavy (non-hydrogen) atoms. The van der Waals surface area contributed by atoms with Crippen LogP contribution in [0, 0.1) is 6.92 Å². The summed E-state index contributed by atoms with van der Waals surface area (Å²) in [7, 11) is 1.51. The fraction of sp³-hybridized carbons (Fsp3) is 0.118. The number of thiocarbonyl (C=S) groups is 1. The van der Waals surface area contributed by atoms with Gasteiger partial charge in [0, 0.05) is 11.3 Å². The molecule has 8 heteroatoms. The Morgan fingerprint density at radius 2 is 2.08 bits per heavy atom. The van der Waals surface area contributed by atoms with E-state index in [4.69, 9.17) is 28.6 Å². The molecule has 2 aromatic carbocycles. The van der Waals surface area contributed by atoms with Gasteiger partial charge < -0.3 is 15.0 Å². The molecule has 0 spiro atoms. The fourth-order valence-corrected chi connectivity index (χ4v) is 2.83. The zero-order chi connectivity index (χ0) is 18.0. The molecule has 0 unspecified atom stereocenters. The van der Waals surface area contributed by atoms with Crippen LogP contribution in [0.1, 0.15) is 16.2 Å². The second kappa shape index (κ2) is 7.08. The van der Waals surface area contributed by atoms with Crippen molar-refractivity contribution in [3.8, 4) is 5.75 Å². The molecule has 0 aliphatic rings. The third kappa shape index (κ3) is 3.89. The number of aromatic amines is 1. The molecule has 0 aliphatic heterocycles. The molecule has 6 nitrogen and oxygen atoms in total. The Morgan fingerprint density at radius 3 is 2.80 bits per heavy atom. The van der Waals surface area contributed by atoms with Crippen molar-refractivity contribution < 1.29 is 9.53 Å². The van der Waals surface area contributed by atoms with E-state index >= 15 is 0 Å². The zero-order valence-electron chi connectivity index (χ0n) is 13.5. The van der Waals surface area contributed by atoms with Crippen molar-refractivity contribution in [2.24, 2.45) is 0 Å². The van der Waals surface area contributed by atoms with Crippen LogP contribution < -0.4 is 15.4 Å². The van der Waals surface area contributed by atoms with Gasteiger partial charge in [0.05, 0.1) is 23.2 Å². The largest absolute Gasteiger partial charge is 0.495 e. The second-order valence-electron chi connectivity index (χ2n) is 5.31. The SMILES string of the molecule is COc1ccc(C(=O)NC(=S)Nc2ccc3nc(C)[nH]c3c2)cc1Cl. The number of anilines is 1. The summed E-state index contributed by atoms with van der Waals surface area (Å²) in [5.41, 5.74) is 2.88. The molecule has 128 valence electrons. The number of imidazole rings is 1. The van der Waals surface area contributed by atoms with Crippen LogP contribution in [-0.2, 0) is 0 Å². The van der Waals surface area contributed by atoms with Crippen molar-refractivity contribution in [3.63, 3.8) is 0 Å². The first-order valence-electron chi connectivity index (χ1n) is 7.38. The number of amides is 1. The lowest BCUT2D eigenvalue weighted by Gasteiger charge is -2.10. The van der Waals surface area contributed by atoms with Gasteiger partial charge in [0.25, 0.3) is 5.91 Å². The van der Waals surface area contributed by atoms with Crippen LogP contribution >= 0.6 is 23.8 Å². The monoisotopic (exact) mass is 374 g/mol. The van der Waals surface area contributed by atoms with Gasteiger partial charge in [-0.15, -0.1) is 0 Å². The maximum Gasteiger partial charge on any atom is 0.257 e. The molecule has 3 aromatic rings. The van der Waals surface area contributed by atoms with E-state index in [1.54, 1.807) is 12.1 Å². The quantitative estimate of drug-likeness (QED) is 0.610. The Labute approximate surface area is 154 Å². The minimum Gasteiger partial charge on any atom is -0.495 e. The average Bonchev–Trinajstić information content (AvgIpc) is 2.93. The Bertz CT molecular complexity index is 970. The predicted octanol–water partition coefficient (Wildman–Crippen LogP) is 3.66. The van der Waals surface area contributed by atoms with E-state index in [-0.39, 0.29) is 11.0 Å². The van der Waals surface area contributed by atoms with E-state index < -0.39 is 0 Å². The standard InChI is InChI=1S/C17H15ClN4O2S/c1-9-19-13-5-4-11(8-14(13)20-9)21-17(25)22-16(23)10-3-6-15(24-2)12(18)7-10/h3-8H,1-2H3,(H,19,20)(H2,21,22,23,25). The third-order valence-corrected chi connectivity index (χ3v) is 4.00. The fourth-order valence-electron chi connectivity index (χ4n) is 2.36. The minimum atomic E-state index is -0.361. The number of hydrogen-bond donors (Lipinski definition) is 3. The molecule has 0 radical (unpaired) electrons. The van der Waals surface area contributed by atoms with Gasteiger partial charge in [-0.25, -0.2) is 4.98 Å². The number of carbonyl (C=O) groups excluding carboxylic acids is 1. The Morgan fingerprint density at radius 1 is 1.28 bits per heavy atom. The third-order valence-electron chi connectivity index (χ3n) is 3.50. The zero-order valence-corrected chi connectivity index (χ0v) is 15.1. The van der Waals surface area contributed by atoms with Crippen molar-refractivity contribution >= 4 is 51.6 Å². The first-order valence-corrected chi connectivity index (χ1v) is 8.17. The van der Waals surface area contributed by atoms with E-state index in [2.05, 4.69) is 20.6 Å². The molecule has 1 amide bonds. The summed E-state index contributed by atoms with van der Waals surface area (Å²) in [4.78, 5) is 19.7. The topological polar surface area (TPSA) is 79.0 Å². The second-order valence-corrected chi connectivity index (χ2v) is 6.13. The molecule has 0 bridgehead atoms. The summed E-state index contributed by atoms with van der Waals surface area (Å²) in [5.74, 6) is 0.974. The molecular weight excluding hydrogens is 360 g/mol. The number of benzene rings is 2. The molecule has 3 N–H and O–H groups in total.